The Bertz CT molecular complexity index is 342. The number of carboxylic acids is 1. The summed E-state index contributed by atoms with van der Waals surface area (Å²) in [6.45, 7) is 2.27. The smallest absolute Gasteiger partial charge is 0.315 e. The Hall–Kier alpha value is -1.30. The maximum Gasteiger partial charge on any atom is 0.315 e. The fraction of sp³-hybridized carbons (Fsp3) is 0.857. The minimum atomic E-state index is -0.752. The zero-order valence-corrected chi connectivity index (χ0v) is 11.8. The van der Waals surface area contributed by atoms with Gasteiger partial charge in [0.1, 0.15) is 0 Å². The summed E-state index contributed by atoms with van der Waals surface area (Å²) in [6.07, 6.45) is 5.01. The van der Waals surface area contributed by atoms with E-state index in [1.165, 1.54) is 0 Å². The first-order chi connectivity index (χ1) is 9.65. The SMILES string of the molecule is O=C(NCCC1CCOC1)NC1CCCC(C(=O)O)C1. The third-order valence-electron chi connectivity index (χ3n) is 4.22. The van der Waals surface area contributed by atoms with Crippen molar-refractivity contribution >= 4 is 12.0 Å². The molecular weight excluding hydrogens is 260 g/mol. The molecule has 1 saturated carbocycles. The number of carbonyl (C=O) groups excluding carboxylic acids is 1. The zero-order chi connectivity index (χ0) is 14.4. The van der Waals surface area contributed by atoms with E-state index in [4.69, 9.17) is 9.84 Å². The van der Waals surface area contributed by atoms with Crippen molar-refractivity contribution in [3.05, 3.63) is 0 Å². The molecule has 2 fully saturated rings. The lowest BCUT2D eigenvalue weighted by molar-refractivity contribution is -0.143. The van der Waals surface area contributed by atoms with Crippen molar-refractivity contribution in [3.8, 4) is 0 Å². The van der Waals surface area contributed by atoms with Crippen LogP contribution in [0.15, 0.2) is 0 Å². The highest BCUT2D eigenvalue weighted by Gasteiger charge is 2.27. The number of rotatable bonds is 5. The maximum atomic E-state index is 11.8. The standard InChI is InChI=1S/C14H24N2O4/c17-13(18)11-2-1-3-12(8-11)16-14(19)15-6-4-10-5-7-20-9-10/h10-12H,1-9H2,(H,17,18)(H2,15,16,19). The number of nitrogens with one attached hydrogen (secondary N) is 2. The molecule has 0 aromatic rings. The van der Waals surface area contributed by atoms with Gasteiger partial charge in [0, 0.05) is 25.8 Å². The minimum absolute atomic E-state index is 0.0142. The van der Waals surface area contributed by atoms with Crippen molar-refractivity contribution < 1.29 is 19.4 Å². The Labute approximate surface area is 119 Å². The first kappa shape index (κ1) is 15.1. The lowest BCUT2D eigenvalue weighted by Crippen LogP contribution is -2.45. The Balaban J connectivity index is 1.62. The lowest BCUT2D eigenvalue weighted by Gasteiger charge is -2.27. The first-order valence-electron chi connectivity index (χ1n) is 7.50. The molecule has 3 atom stereocenters. The van der Waals surface area contributed by atoms with E-state index in [0.717, 1.165) is 45.3 Å². The summed E-state index contributed by atoms with van der Waals surface area (Å²) in [7, 11) is 0. The fourth-order valence-electron chi connectivity index (χ4n) is 2.98. The molecule has 20 heavy (non-hydrogen) atoms. The predicted molar refractivity (Wildman–Crippen MR) is 73.5 cm³/mol. The fourth-order valence-corrected chi connectivity index (χ4v) is 2.98. The van der Waals surface area contributed by atoms with Crippen molar-refractivity contribution in [2.24, 2.45) is 11.8 Å². The molecule has 2 rings (SSSR count). The topological polar surface area (TPSA) is 87.7 Å². The third-order valence-corrected chi connectivity index (χ3v) is 4.22. The third kappa shape index (κ3) is 4.67. The van der Waals surface area contributed by atoms with Gasteiger partial charge in [0.25, 0.3) is 0 Å². The van der Waals surface area contributed by atoms with Gasteiger partial charge in [0.15, 0.2) is 0 Å². The lowest BCUT2D eigenvalue weighted by atomic mass is 9.86. The molecule has 6 nitrogen and oxygen atoms in total. The number of carboxylic acid groups (broad SMARTS) is 1. The molecule has 1 saturated heterocycles. The number of carbonyl (C=O) groups is 2. The highest BCUT2D eigenvalue weighted by Crippen LogP contribution is 2.24. The van der Waals surface area contributed by atoms with E-state index in [0.29, 0.717) is 18.9 Å². The van der Waals surface area contributed by atoms with Crippen molar-refractivity contribution in [1.29, 1.82) is 0 Å². The molecule has 114 valence electrons. The molecule has 1 aliphatic heterocycles. The highest BCUT2D eigenvalue weighted by molar-refractivity contribution is 5.74. The molecule has 1 heterocycles. The Morgan fingerprint density at radius 3 is 2.80 bits per heavy atom. The van der Waals surface area contributed by atoms with E-state index in [1.54, 1.807) is 0 Å². The van der Waals surface area contributed by atoms with Crippen LogP contribution in [-0.2, 0) is 9.53 Å². The van der Waals surface area contributed by atoms with Gasteiger partial charge in [-0.3, -0.25) is 4.79 Å². The van der Waals surface area contributed by atoms with Crippen LogP contribution < -0.4 is 10.6 Å². The molecule has 1 aliphatic carbocycles. The van der Waals surface area contributed by atoms with Crippen LogP contribution in [0.2, 0.25) is 0 Å². The minimum Gasteiger partial charge on any atom is -0.481 e. The molecule has 0 radical (unpaired) electrons. The van der Waals surface area contributed by atoms with E-state index in [9.17, 15) is 9.59 Å². The van der Waals surface area contributed by atoms with Crippen molar-refractivity contribution in [2.75, 3.05) is 19.8 Å². The molecule has 0 aromatic heterocycles. The molecule has 3 unspecified atom stereocenters. The summed E-state index contributed by atoms with van der Waals surface area (Å²) in [4.78, 5) is 22.7. The van der Waals surface area contributed by atoms with Crippen LogP contribution in [-0.4, -0.2) is 42.9 Å². The van der Waals surface area contributed by atoms with E-state index in [1.807, 2.05) is 0 Å². The van der Waals surface area contributed by atoms with Crippen molar-refractivity contribution in [2.45, 2.75) is 44.6 Å². The van der Waals surface area contributed by atoms with Crippen LogP contribution >= 0.6 is 0 Å². The molecule has 2 amide bonds. The predicted octanol–water partition coefficient (Wildman–Crippen LogP) is 1.36. The van der Waals surface area contributed by atoms with Gasteiger partial charge in [0.05, 0.1) is 5.92 Å². The van der Waals surface area contributed by atoms with Crippen LogP contribution in [0.25, 0.3) is 0 Å². The number of amides is 2. The zero-order valence-electron chi connectivity index (χ0n) is 11.8. The van der Waals surface area contributed by atoms with Crippen molar-refractivity contribution in [3.63, 3.8) is 0 Å². The largest absolute Gasteiger partial charge is 0.481 e. The molecular formula is C14H24N2O4. The Morgan fingerprint density at radius 1 is 1.25 bits per heavy atom. The summed E-state index contributed by atoms with van der Waals surface area (Å²) < 4.78 is 5.29. The van der Waals surface area contributed by atoms with Crippen LogP contribution in [0.5, 0.6) is 0 Å². The van der Waals surface area contributed by atoms with Gasteiger partial charge < -0.3 is 20.5 Å². The summed E-state index contributed by atoms with van der Waals surface area (Å²) in [5.41, 5.74) is 0. The molecule has 0 aromatic carbocycles. The average Bonchev–Trinajstić information content (AvgIpc) is 2.92. The van der Waals surface area contributed by atoms with Crippen molar-refractivity contribution in [1.82, 2.24) is 10.6 Å². The second kappa shape index (κ2) is 7.47. The number of urea groups is 1. The second-order valence-electron chi connectivity index (χ2n) is 5.82. The molecule has 2 aliphatic rings. The summed E-state index contributed by atoms with van der Waals surface area (Å²) in [5, 5.41) is 14.7. The Morgan fingerprint density at radius 2 is 2.10 bits per heavy atom. The van der Waals surface area contributed by atoms with Gasteiger partial charge in [-0.2, -0.15) is 0 Å². The van der Waals surface area contributed by atoms with Gasteiger partial charge in [-0.1, -0.05) is 6.42 Å². The first-order valence-corrected chi connectivity index (χ1v) is 7.50. The quantitative estimate of drug-likeness (QED) is 0.711. The maximum absolute atomic E-state index is 11.8. The molecule has 0 bridgehead atoms. The number of ether oxygens (including phenoxy) is 1. The van der Waals surface area contributed by atoms with Gasteiger partial charge in [0.2, 0.25) is 0 Å². The summed E-state index contributed by atoms with van der Waals surface area (Å²) in [5.74, 6) is -0.510. The Kier molecular flexibility index (Phi) is 5.64. The van der Waals surface area contributed by atoms with Gasteiger partial charge in [-0.05, 0) is 38.0 Å². The summed E-state index contributed by atoms with van der Waals surface area (Å²) >= 11 is 0. The van der Waals surface area contributed by atoms with E-state index < -0.39 is 5.97 Å². The second-order valence-corrected chi connectivity index (χ2v) is 5.82. The van der Waals surface area contributed by atoms with Crippen LogP contribution in [0.1, 0.15) is 38.5 Å². The number of hydrogen-bond donors (Lipinski definition) is 3. The number of hydrogen-bond acceptors (Lipinski definition) is 3. The monoisotopic (exact) mass is 284 g/mol. The van der Waals surface area contributed by atoms with Gasteiger partial charge >= 0.3 is 12.0 Å². The molecule has 0 spiro atoms. The van der Waals surface area contributed by atoms with E-state index in [2.05, 4.69) is 10.6 Å². The van der Waals surface area contributed by atoms with E-state index >= 15 is 0 Å². The van der Waals surface area contributed by atoms with Crippen LogP contribution in [0.4, 0.5) is 4.79 Å². The normalized spacial score (nSPS) is 29.9. The molecule has 6 heteroatoms. The van der Waals surface area contributed by atoms with Gasteiger partial charge in [-0.15, -0.1) is 0 Å². The average molecular weight is 284 g/mol. The summed E-state index contributed by atoms with van der Waals surface area (Å²) in [6, 6.07) is -0.195. The van der Waals surface area contributed by atoms with Crippen LogP contribution in [0, 0.1) is 11.8 Å². The van der Waals surface area contributed by atoms with Gasteiger partial charge in [-0.25, -0.2) is 4.79 Å². The van der Waals surface area contributed by atoms with Crippen LogP contribution in [0.3, 0.4) is 0 Å². The highest BCUT2D eigenvalue weighted by atomic mass is 16.5. The number of aliphatic carboxylic acids is 1. The molecule has 3 N–H and O–H groups in total. The van der Waals surface area contributed by atoms with E-state index in [-0.39, 0.29) is 18.0 Å².